The number of benzene rings is 1. The molecule has 118 valence electrons. The van der Waals surface area contributed by atoms with Gasteiger partial charge in [0.2, 0.25) is 0 Å². The summed E-state index contributed by atoms with van der Waals surface area (Å²) in [6.07, 6.45) is 9.72. The second kappa shape index (κ2) is 6.47. The van der Waals surface area contributed by atoms with Crippen LogP contribution < -0.4 is 5.32 Å². The summed E-state index contributed by atoms with van der Waals surface area (Å²) in [5, 5.41) is 3.17. The molecule has 0 amide bonds. The zero-order valence-corrected chi connectivity index (χ0v) is 13.6. The SMILES string of the molecule is CC=C[C@H](C)C(C)(C)c1cc(F)cc(F)c1C1=CC=CCN1. The van der Waals surface area contributed by atoms with Gasteiger partial charge in [0.05, 0.1) is 0 Å². The maximum atomic E-state index is 14.5. The molecular formula is C19H23F2N. The predicted molar refractivity (Wildman–Crippen MR) is 88.5 cm³/mol. The lowest BCUT2D eigenvalue weighted by atomic mass is 9.71. The van der Waals surface area contributed by atoms with Gasteiger partial charge in [0.25, 0.3) is 0 Å². The highest BCUT2D eigenvalue weighted by Crippen LogP contribution is 2.38. The fourth-order valence-electron chi connectivity index (χ4n) is 2.76. The van der Waals surface area contributed by atoms with Crippen LogP contribution in [0.4, 0.5) is 8.78 Å². The van der Waals surface area contributed by atoms with E-state index in [0.29, 0.717) is 23.4 Å². The van der Waals surface area contributed by atoms with Crippen molar-refractivity contribution in [1.82, 2.24) is 5.32 Å². The van der Waals surface area contributed by atoms with Crippen LogP contribution in [0.1, 0.15) is 38.8 Å². The Hall–Kier alpha value is -1.90. The molecule has 1 aliphatic rings. The van der Waals surface area contributed by atoms with Gasteiger partial charge in [-0.15, -0.1) is 0 Å². The van der Waals surface area contributed by atoms with Gasteiger partial charge in [-0.1, -0.05) is 45.1 Å². The number of halogens is 2. The molecule has 1 atom stereocenters. The van der Waals surface area contributed by atoms with Crippen LogP contribution in [0.25, 0.3) is 5.70 Å². The summed E-state index contributed by atoms with van der Waals surface area (Å²) in [4.78, 5) is 0. The summed E-state index contributed by atoms with van der Waals surface area (Å²) in [7, 11) is 0. The number of dihydropyridines is 1. The van der Waals surface area contributed by atoms with Crippen molar-refractivity contribution in [2.45, 2.75) is 33.1 Å². The first kappa shape index (κ1) is 16.5. The Morgan fingerprint density at radius 1 is 1.27 bits per heavy atom. The number of nitrogens with one attached hydrogen (secondary N) is 1. The number of hydrogen-bond acceptors (Lipinski definition) is 1. The summed E-state index contributed by atoms with van der Waals surface area (Å²) >= 11 is 0. The summed E-state index contributed by atoms with van der Waals surface area (Å²) in [6, 6.07) is 2.41. The van der Waals surface area contributed by atoms with Gasteiger partial charge >= 0.3 is 0 Å². The Balaban J connectivity index is 2.64. The van der Waals surface area contributed by atoms with Crippen LogP contribution in [-0.4, -0.2) is 6.54 Å². The maximum absolute atomic E-state index is 14.5. The summed E-state index contributed by atoms with van der Waals surface area (Å²) in [5.74, 6) is -0.911. The highest BCUT2D eigenvalue weighted by molar-refractivity contribution is 5.71. The van der Waals surface area contributed by atoms with Gasteiger partial charge in [-0.2, -0.15) is 0 Å². The van der Waals surface area contributed by atoms with Gasteiger partial charge in [0.15, 0.2) is 0 Å². The third-order valence-corrected chi connectivity index (χ3v) is 4.45. The van der Waals surface area contributed by atoms with E-state index in [1.54, 1.807) is 0 Å². The molecule has 1 nitrogen and oxygen atoms in total. The normalized spacial score (nSPS) is 16.5. The molecule has 1 aromatic rings. The fraction of sp³-hybridized carbons (Fsp3) is 0.368. The Morgan fingerprint density at radius 2 is 2.00 bits per heavy atom. The molecule has 0 aliphatic carbocycles. The van der Waals surface area contributed by atoms with E-state index < -0.39 is 17.0 Å². The molecular weight excluding hydrogens is 280 g/mol. The third-order valence-electron chi connectivity index (χ3n) is 4.45. The highest BCUT2D eigenvalue weighted by atomic mass is 19.1. The Kier molecular flexibility index (Phi) is 4.84. The van der Waals surface area contributed by atoms with Crippen molar-refractivity contribution >= 4 is 5.70 Å². The van der Waals surface area contributed by atoms with Crippen molar-refractivity contribution in [1.29, 1.82) is 0 Å². The molecule has 3 heteroatoms. The average molecular weight is 303 g/mol. The topological polar surface area (TPSA) is 12.0 Å². The van der Waals surface area contributed by atoms with E-state index in [9.17, 15) is 8.78 Å². The van der Waals surface area contributed by atoms with E-state index in [2.05, 4.69) is 18.3 Å². The first-order valence-corrected chi connectivity index (χ1v) is 7.61. The van der Waals surface area contributed by atoms with Gasteiger partial charge in [-0.3, -0.25) is 0 Å². The highest BCUT2D eigenvalue weighted by Gasteiger charge is 2.31. The van der Waals surface area contributed by atoms with Crippen molar-refractivity contribution in [2.24, 2.45) is 5.92 Å². The molecule has 0 fully saturated rings. The molecule has 1 aliphatic heterocycles. The molecule has 0 saturated heterocycles. The molecule has 0 spiro atoms. The van der Waals surface area contributed by atoms with Gasteiger partial charge in [0, 0.05) is 23.9 Å². The first-order valence-electron chi connectivity index (χ1n) is 7.61. The van der Waals surface area contributed by atoms with Gasteiger partial charge in [0.1, 0.15) is 11.6 Å². The lowest BCUT2D eigenvalue weighted by molar-refractivity contribution is 0.402. The van der Waals surface area contributed by atoms with Crippen molar-refractivity contribution in [2.75, 3.05) is 6.54 Å². The minimum Gasteiger partial charge on any atom is -0.381 e. The second-order valence-corrected chi connectivity index (χ2v) is 6.24. The van der Waals surface area contributed by atoms with Crippen molar-refractivity contribution in [3.8, 4) is 0 Å². The molecule has 0 saturated carbocycles. The minimum absolute atomic E-state index is 0.150. The average Bonchev–Trinajstić information content (AvgIpc) is 2.47. The zero-order valence-electron chi connectivity index (χ0n) is 13.6. The van der Waals surface area contributed by atoms with Crippen LogP contribution in [-0.2, 0) is 5.41 Å². The molecule has 0 bridgehead atoms. The molecule has 1 heterocycles. The first-order chi connectivity index (χ1) is 10.4. The molecule has 0 radical (unpaired) electrons. The van der Waals surface area contributed by atoms with Crippen LogP contribution in [0.5, 0.6) is 0 Å². The molecule has 1 aromatic carbocycles. The molecule has 22 heavy (non-hydrogen) atoms. The summed E-state index contributed by atoms with van der Waals surface area (Å²) in [6.45, 7) is 8.71. The summed E-state index contributed by atoms with van der Waals surface area (Å²) < 4.78 is 28.4. The quantitative estimate of drug-likeness (QED) is 0.776. The number of allylic oxidation sites excluding steroid dienone is 4. The molecule has 0 unspecified atom stereocenters. The Morgan fingerprint density at radius 3 is 2.59 bits per heavy atom. The van der Waals surface area contributed by atoms with Gasteiger partial charge < -0.3 is 5.32 Å². The number of rotatable bonds is 4. The molecule has 1 N–H and O–H groups in total. The molecule has 2 rings (SSSR count). The Labute approximate surface area is 131 Å². The third kappa shape index (κ3) is 3.13. The lowest BCUT2D eigenvalue weighted by Crippen LogP contribution is -2.29. The monoisotopic (exact) mass is 303 g/mol. The summed E-state index contributed by atoms with van der Waals surface area (Å²) in [5.41, 5.74) is 1.46. The number of hydrogen-bond donors (Lipinski definition) is 1. The largest absolute Gasteiger partial charge is 0.381 e. The molecule has 0 aromatic heterocycles. The Bertz CT molecular complexity index is 639. The van der Waals surface area contributed by atoms with E-state index in [0.717, 1.165) is 6.07 Å². The van der Waals surface area contributed by atoms with E-state index in [1.165, 1.54) is 6.07 Å². The van der Waals surface area contributed by atoms with Gasteiger partial charge in [-0.25, -0.2) is 8.78 Å². The van der Waals surface area contributed by atoms with Crippen molar-refractivity contribution < 1.29 is 8.78 Å². The van der Waals surface area contributed by atoms with Crippen LogP contribution >= 0.6 is 0 Å². The smallest absolute Gasteiger partial charge is 0.135 e. The van der Waals surface area contributed by atoms with E-state index in [-0.39, 0.29) is 5.92 Å². The zero-order chi connectivity index (χ0) is 16.3. The minimum atomic E-state index is -0.538. The van der Waals surface area contributed by atoms with E-state index >= 15 is 0 Å². The van der Waals surface area contributed by atoms with Crippen molar-refractivity contribution in [3.05, 3.63) is 65.3 Å². The van der Waals surface area contributed by atoms with Crippen LogP contribution in [0.15, 0.2) is 42.5 Å². The van der Waals surface area contributed by atoms with Crippen molar-refractivity contribution in [3.63, 3.8) is 0 Å². The standard InChI is InChI=1S/C19H23F2N/c1-5-8-13(2)19(3,4)15-11-14(20)12-16(21)18(15)17-9-6-7-10-22-17/h5-9,11-13,22H,10H2,1-4H3/t13-/m0/s1. The van der Waals surface area contributed by atoms with Gasteiger partial charge in [-0.05, 0) is 36.0 Å². The van der Waals surface area contributed by atoms with Crippen LogP contribution in [0.3, 0.4) is 0 Å². The van der Waals surface area contributed by atoms with Crippen LogP contribution in [0, 0.1) is 17.6 Å². The lowest BCUT2D eigenvalue weighted by Gasteiger charge is -2.33. The fourth-order valence-corrected chi connectivity index (χ4v) is 2.76. The van der Waals surface area contributed by atoms with E-state index in [1.807, 2.05) is 45.1 Å². The predicted octanol–water partition coefficient (Wildman–Crippen LogP) is 4.95. The second-order valence-electron chi connectivity index (χ2n) is 6.24. The van der Waals surface area contributed by atoms with E-state index in [4.69, 9.17) is 0 Å². The van der Waals surface area contributed by atoms with Crippen LogP contribution in [0.2, 0.25) is 0 Å². The maximum Gasteiger partial charge on any atom is 0.135 e.